The summed E-state index contributed by atoms with van der Waals surface area (Å²) in [6.07, 6.45) is 0. The quantitative estimate of drug-likeness (QED) is 0.839. The Bertz CT molecular complexity index is 513. The van der Waals surface area contributed by atoms with Crippen LogP contribution in [-0.2, 0) is 6.61 Å². The number of nitrogens with zero attached hydrogens (tertiary/aromatic N) is 1. The summed E-state index contributed by atoms with van der Waals surface area (Å²) in [6, 6.07) is 11.3. The lowest BCUT2D eigenvalue weighted by Gasteiger charge is -2.06. The molecule has 0 aliphatic rings. The molecule has 0 atom stereocenters. The van der Waals surface area contributed by atoms with Crippen LogP contribution in [0.15, 0.2) is 40.9 Å². The fraction of sp³-hybridized carbons (Fsp3) is 0.154. The van der Waals surface area contributed by atoms with Crippen molar-refractivity contribution < 1.29 is 4.74 Å². The SMILES string of the molecule is Cc1nc(OCc2ccc(Cl)cc2)ccc1Br. The van der Waals surface area contributed by atoms with E-state index in [1.807, 2.05) is 43.3 Å². The molecule has 0 N–H and O–H groups in total. The fourth-order valence-electron chi connectivity index (χ4n) is 1.34. The minimum absolute atomic E-state index is 0.491. The summed E-state index contributed by atoms with van der Waals surface area (Å²) in [7, 11) is 0. The van der Waals surface area contributed by atoms with Gasteiger partial charge in [0.15, 0.2) is 0 Å². The van der Waals surface area contributed by atoms with E-state index >= 15 is 0 Å². The summed E-state index contributed by atoms with van der Waals surface area (Å²) in [5.74, 6) is 0.626. The van der Waals surface area contributed by atoms with Crippen molar-refractivity contribution in [2.75, 3.05) is 0 Å². The number of ether oxygens (including phenoxy) is 1. The van der Waals surface area contributed by atoms with Crippen LogP contribution in [0, 0.1) is 6.92 Å². The standard InChI is InChI=1S/C13H11BrClNO/c1-9-12(14)6-7-13(16-9)17-8-10-2-4-11(15)5-3-10/h2-7H,8H2,1H3. The van der Waals surface area contributed by atoms with Crippen molar-refractivity contribution in [1.29, 1.82) is 0 Å². The van der Waals surface area contributed by atoms with Gasteiger partial charge >= 0.3 is 0 Å². The van der Waals surface area contributed by atoms with Gasteiger partial charge in [-0.1, -0.05) is 23.7 Å². The summed E-state index contributed by atoms with van der Waals surface area (Å²) in [6.45, 7) is 2.42. The molecule has 0 bridgehead atoms. The minimum atomic E-state index is 0.491. The van der Waals surface area contributed by atoms with Gasteiger partial charge in [-0.15, -0.1) is 0 Å². The lowest BCUT2D eigenvalue weighted by atomic mass is 10.2. The fourth-order valence-corrected chi connectivity index (χ4v) is 1.69. The molecule has 88 valence electrons. The molecular formula is C13H11BrClNO. The van der Waals surface area contributed by atoms with E-state index in [1.54, 1.807) is 0 Å². The van der Waals surface area contributed by atoms with Gasteiger partial charge < -0.3 is 4.74 Å². The smallest absolute Gasteiger partial charge is 0.213 e. The Balaban J connectivity index is 2.02. The van der Waals surface area contributed by atoms with Crippen LogP contribution >= 0.6 is 27.5 Å². The molecule has 0 saturated heterocycles. The highest BCUT2D eigenvalue weighted by Crippen LogP contribution is 2.18. The summed E-state index contributed by atoms with van der Waals surface area (Å²) in [5.41, 5.74) is 1.98. The number of rotatable bonds is 3. The van der Waals surface area contributed by atoms with Crippen molar-refractivity contribution in [3.63, 3.8) is 0 Å². The zero-order valence-electron chi connectivity index (χ0n) is 9.28. The number of hydrogen-bond acceptors (Lipinski definition) is 2. The second-order valence-corrected chi connectivity index (χ2v) is 4.92. The Morgan fingerprint density at radius 2 is 1.88 bits per heavy atom. The number of aromatic nitrogens is 1. The van der Waals surface area contributed by atoms with Crippen molar-refractivity contribution >= 4 is 27.5 Å². The van der Waals surface area contributed by atoms with E-state index < -0.39 is 0 Å². The van der Waals surface area contributed by atoms with Gasteiger partial charge in [0.25, 0.3) is 0 Å². The number of halogens is 2. The molecular weight excluding hydrogens is 302 g/mol. The minimum Gasteiger partial charge on any atom is -0.473 e. The Labute approximate surface area is 114 Å². The largest absolute Gasteiger partial charge is 0.473 e. The first-order valence-corrected chi connectivity index (χ1v) is 6.32. The topological polar surface area (TPSA) is 22.1 Å². The highest BCUT2D eigenvalue weighted by molar-refractivity contribution is 9.10. The van der Waals surface area contributed by atoms with Crippen molar-refractivity contribution in [1.82, 2.24) is 4.98 Å². The third-order valence-corrected chi connectivity index (χ3v) is 3.39. The first-order chi connectivity index (χ1) is 8.15. The molecule has 0 radical (unpaired) electrons. The van der Waals surface area contributed by atoms with Gasteiger partial charge in [0.05, 0.1) is 5.69 Å². The van der Waals surface area contributed by atoms with Crippen LogP contribution in [0.5, 0.6) is 5.88 Å². The number of pyridine rings is 1. The van der Waals surface area contributed by atoms with Crippen LogP contribution < -0.4 is 4.74 Å². The van der Waals surface area contributed by atoms with E-state index in [2.05, 4.69) is 20.9 Å². The second kappa shape index (κ2) is 5.52. The summed E-state index contributed by atoms with van der Waals surface area (Å²) < 4.78 is 6.58. The summed E-state index contributed by atoms with van der Waals surface area (Å²) >= 11 is 9.21. The monoisotopic (exact) mass is 311 g/mol. The van der Waals surface area contributed by atoms with Crippen molar-refractivity contribution in [2.45, 2.75) is 13.5 Å². The maximum absolute atomic E-state index is 5.81. The Morgan fingerprint density at radius 3 is 2.53 bits per heavy atom. The number of aryl methyl sites for hydroxylation is 1. The van der Waals surface area contributed by atoms with E-state index in [0.29, 0.717) is 12.5 Å². The van der Waals surface area contributed by atoms with Crippen LogP contribution in [0.4, 0.5) is 0 Å². The zero-order valence-corrected chi connectivity index (χ0v) is 11.6. The predicted molar refractivity (Wildman–Crippen MR) is 72.5 cm³/mol. The Kier molecular flexibility index (Phi) is 4.02. The van der Waals surface area contributed by atoms with E-state index in [-0.39, 0.29) is 0 Å². The first-order valence-electron chi connectivity index (χ1n) is 5.15. The Morgan fingerprint density at radius 1 is 1.18 bits per heavy atom. The maximum Gasteiger partial charge on any atom is 0.213 e. The molecule has 17 heavy (non-hydrogen) atoms. The second-order valence-electron chi connectivity index (χ2n) is 3.63. The number of hydrogen-bond donors (Lipinski definition) is 0. The van der Waals surface area contributed by atoms with Gasteiger partial charge in [-0.05, 0) is 46.6 Å². The van der Waals surface area contributed by atoms with Crippen LogP contribution in [0.25, 0.3) is 0 Å². The molecule has 2 aromatic rings. The van der Waals surface area contributed by atoms with Gasteiger partial charge in [-0.2, -0.15) is 0 Å². The molecule has 0 amide bonds. The van der Waals surface area contributed by atoms with E-state index in [9.17, 15) is 0 Å². The maximum atomic E-state index is 5.81. The zero-order chi connectivity index (χ0) is 12.3. The molecule has 0 saturated carbocycles. The Hall–Kier alpha value is -1.06. The van der Waals surface area contributed by atoms with Crippen molar-refractivity contribution in [2.24, 2.45) is 0 Å². The van der Waals surface area contributed by atoms with Gasteiger partial charge in [-0.25, -0.2) is 4.98 Å². The molecule has 0 spiro atoms. The van der Waals surface area contributed by atoms with Crippen molar-refractivity contribution in [3.05, 3.63) is 57.2 Å². The predicted octanol–water partition coefficient (Wildman–Crippen LogP) is 4.38. The third-order valence-electron chi connectivity index (χ3n) is 2.30. The summed E-state index contributed by atoms with van der Waals surface area (Å²) in [5, 5.41) is 0.728. The average Bonchev–Trinajstić information content (AvgIpc) is 2.33. The van der Waals surface area contributed by atoms with Crippen molar-refractivity contribution in [3.8, 4) is 5.88 Å². The van der Waals surface area contributed by atoms with Crippen LogP contribution in [0.1, 0.15) is 11.3 Å². The molecule has 1 aromatic heterocycles. The van der Waals surface area contributed by atoms with Gasteiger partial charge in [0, 0.05) is 15.6 Å². The molecule has 0 aliphatic heterocycles. The molecule has 4 heteroatoms. The lowest BCUT2D eigenvalue weighted by molar-refractivity contribution is 0.293. The van der Waals surface area contributed by atoms with Crippen LogP contribution in [0.3, 0.4) is 0 Å². The third kappa shape index (κ3) is 3.45. The van der Waals surface area contributed by atoms with Gasteiger partial charge in [-0.3, -0.25) is 0 Å². The molecule has 0 fully saturated rings. The number of benzene rings is 1. The molecule has 1 heterocycles. The molecule has 0 aliphatic carbocycles. The van der Waals surface area contributed by atoms with Gasteiger partial charge in [0.1, 0.15) is 6.61 Å². The van der Waals surface area contributed by atoms with E-state index in [4.69, 9.17) is 16.3 Å². The van der Waals surface area contributed by atoms with Gasteiger partial charge in [0.2, 0.25) is 5.88 Å². The highest BCUT2D eigenvalue weighted by atomic mass is 79.9. The molecule has 2 nitrogen and oxygen atoms in total. The lowest BCUT2D eigenvalue weighted by Crippen LogP contribution is -1.98. The normalized spacial score (nSPS) is 10.3. The van der Waals surface area contributed by atoms with Crippen LogP contribution in [-0.4, -0.2) is 4.98 Å². The summed E-state index contributed by atoms with van der Waals surface area (Å²) in [4.78, 5) is 4.31. The van der Waals surface area contributed by atoms with E-state index in [1.165, 1.54) is 0 Å². The van der Waals surface area contributed by atoms with E-state index in [0.717, 1.165) is 20.8 Å². The van der Waals surface area contributed by atoms with Crippen LogP contribution in [0.2, 0.25) is 5.02 Å². The molecule has 1 aromatic carbocycles. The molecule has 0 unspecified atom stereocenters. The molecule has 2 rings (SSSR count). The highest BCUT2D eigenvalue weighted by Gasteiger charge is 2.00. The average molecular weight is 313 g/mol. The first kappa shape index (κ1) is 12.4.